The second-order valence-corrected chi connectivity index (χ2v) is 4.83. The molecule has 1 aliphatic rings. The summed E-state index contributed by atoms with van der Waals surface area (Å²) in [6.07, 6.45) is 5.82. The maximum atomic E-state index is 7.56. The third kappa shape index (κ3) is 2.72. The average molecular weight is 233 g/mol. The molecule has 0 spiro atoms. The number of nitrogens with two attached hydrogens (primary N) is 1. The zero-order valence-electron chi connectivity index (χ0n) is 10.3. The molecule has 17 heavy (non-hydrogen) atoms. The van der Waals surface area contributed by atoms with E-state index in [1.807, 2.05) is 0 Å². The summed E-state index contributed by atoms with van der Waals surface area (Å²) in [5.74, 6) is 1.48. The van der Waals surface area contributed by atoms with Crippen molar-refractivity contribution in [3.05, 3.63) is 18.1 Å². The van der Waals surface area contributed by atoms with Crippen LogP contribution in [0.2, 0.25) is 0 Å². The van der Waals surface area contributed by atoms with E-state index in [1.165, 1.54) is 12.8 Å². The first kappa shape index (κ1) is 11.8. The first-order valence-corrected chi connectivity index (χ1v) is 6.01. The molecule has 5 nitrogen and oxygen atoms in total. The molecule has 3 N–H and O–H groups in total. The van der Waals surface area contributed by atoms with E-state index in [4.69, 9.17) is 11.1 Å². The number of hydrogen-bond donors (Lipinski definition) is 2. The Morgan fingerprint density at radius 2 is 2.12 bits per heavy atom. The van der Waals surface area contributed by atoms with E-state index in [9.17, 15) is 0 Å². The molecular weight excluding hydrogens is 214 g/mol. The zero-order chi connectivity index (χ0) is 12.4. The lowest BCUT2D eigenvalue weighted by atomic mass is 10.2. The molecule has 1 aliphatic carbocycles. The molecule has 1 saturated carbocycles. The van der Waals surface area contributed by atoms with Gasteiger partial charge < -0.3 is 10.6 Å². The lowest BCUT2D eigenvalue weighted by Crippen LogP contribution is -2.35. The van der Waals surface area contributed by atoms with Gasteiger partial charge in [0.25, 0.3) is 0 Å². The summed E-state index contributed by atoms with van der Waals surface area (Å²) < 4.78 is 0. The first-order chi connectivity index (χ1) is 8.09. The van der Waals surface area contributed by atoms with Gasteiger partial charge in [0.15, 0.2) is 5.82 Å². The monoisotopic (exact) mass is 233 g/mol. The molecule has 0 atom stereocenters. The predicted molar refractivity (Wildman–Crippen MR) is 68.3 cm³/mol. The minimum atomic E-state index is -0.0189. The van der Waals surface area contributed by atoms with Crippen LogP contribution in [0.3, 0.4) is 0 Å². The highest BCUT2D eigenvalue weighted by molar-refractivity contribution is 5.97. The standard InChI is InChI=1S/C12H19N5/c1-8(2)17(7-9-3-4-9)12-10(11(13)14)15-5-6-16-12/h5-6,8-9H,3-4,7H2,1-2H3,(H3,13,14). The first-order valence-electron chi connectivity index (χ1n) is 6.01. The highest BCUT2D eigenvalue weighted by Gasteiger charge is 2.27. The second kappa shape index (κ2) is 4.69. The van der Waals surface area contributed by atoms with Crippen LogP contribution in [0.4, 0.5) is 5.82 Å². The Morgan fingerprint density at radius 1 is 1.47 bits per heavy atom. The fraction of sp³-hybridized carbons (Fsp3) is 0.583. The highest BCUT2D eigenvalue weighted by atomic mass is 15.2. The fourth-order valence-corrected chi connectivity index (χ4v) is 1.85. The minimum Gasteiger partial charge on any atom is -0.382 e. The average Bonchev–Trinajstić information content (AvgIpc) is 3.09. The summed E-state index contributed by atoms with van der Waals surface area (Å²) in [6.45, 7) is 5.23. The van der Waals surface area contributed by atoms with Crippen LogP contribution >= 0.6 is 0 Å². The summed E-state index contributed by atoms with van der Waals surface area (Å²) >= 11 is 0. The van der Waals surface area contributed by atoms with E-state index in [-0.39, 0.29) is 5.84 Å². The Bertz CT molecular complexity index is 411. The van der Waals surface area contributed by atoms with Crippen molar-refractivity contribution in [2.75, 3.05) is 11.4 Å². The van der Waals surface area contributed by atoms with Crippen LogP contribution in [-0.4, -0.2) is 28.4 Å². The van der Waals surface area contributed by atoms with Crippen LogP contribution < -0.4 is 10.6 Å². The van der Waals surface area contributed by atoms with Gasteiger partial charge in [-0.3, -0.25) is 5.41 Å². The number of aromatic nitrogens is 2. The third-order valence-corrected chi connectivity index (χ3v) is 2.98. The molecule has 1 aromatic rings. The number of anilines is 1. The molecular formula is C12H19N5. The molecule has 92 valence electrons. The van der Waals surface area contributed by atoms with Crippen LogP contribution in [0.1, 0.15) is 32.4 Å². The van der Waals surface area contributed by atoms with Gasteiger partial charge in [-0.15, -0.1) is 0 Å². The summed E-state index contributed by atoms with van der Waals surface area (Å²) in [7, 11) is 0. The molecule has 1 heterocycles. The lowest BCUT2D eigenvalue weighted by Gasteiger charge is -2.28. The quantitative estimate of drug-likeness (QED) is 0.595. The van der Waals surface area contributed by atoms with Gasteiger partial charge in [0.05, 0.1) is 0 Å². The highest BCUT2D eigenvalue weighted by Crippen LogP contribution is 2.32. The van der Waals surface area contributed by atoms with Gasteiger partial charge in [-0.2, -0.15) is 0 Å². The van der Waals surface area contributed by atoms with Crippen molar-refractivity contribution >= 4 is 11.7 Å². The van der Waals surface area contributed by atoms with E-state index >= 15 is 0 Å². The van der Waals surface area contributed by atoms with Gasteiger partial charge in [0, 0.05) is 25.0 Å². The number of amidine groups is 1. The van der Waals surface area contributed by atoms with E-state index in [1.54, 1.807) is 12.4 Å². The molecule has 2 rings (SSSR count). The number of rotatable bonds is 5. The Hall–Kier alpha value is -1.65. The minimum absolute atomic E-state index is 0.0189. The Kier molecular flexibility index (Phi) is 3.26. The summed E-state index contributed by atoms with van der Waals surface area (Å²) in [5.41, 5.74) is 6.04. The third-order valence-electron chi connectivity index (χ3n) is 2.98. The van der Waals surface area contributed by atoms with Crippen molar-refractivity contribution in [1.82, 2.24) is 9.97 Å². The molecule has 0 saturated heterocycles. The van der Waals surface area contributed by atoms with Crippen molar-refractivity contribution in [3.63, 3.8) is 0 Å². The Balaban J connectivity index is 2.30. The van der Waals surface area contributed by atoms with Crippen LogP contribution in [0.5, 0.6) is 0 Å². The largest absolute Gasteiger partial charge is 0.382 e. The molecule has 1 aromatic heterocycles. The van der Waals surface area contributed by atoms with Gasteiger partial charge >= 0.3 is 0 Å². The van der Waals surface area contributed by atoms with Crippen LogP contribution in [-0.2, 0) is 0 Å². The van der Waals surface area contributed by atoms with Crippen molar-refractivity contribution < 1.29 is 0 Å². The molecule has 0 aromatic carbocycles. The van der Waals surface area contributed by atoms with E-state index in [0.717, 1.165) is 18.3 Å². The van der Waals surface area contributed by atoms with Gasteiger partial charge in [-0.05, 0) is 32.6 Å². The van der Waals surface area contributed by atoms with E-state index < -0.39 is 0 Å². The van der Waals surface area contributed by atoms with Crippen LogP contribution in [0.15, 0.2) is 12.4 Å². The molecule has 0 aliphatic heterocycles. The smallest absolute Gasteiger partial charge is 0.158 e. The Labute approximate surface area is 102 Å². The van der Waals surface area contributed by atoms with Crippen LogP contribution in [0.25, 0.3) is 0 Å². The number of nitrogens with zero attached hydrogens (tertiary/aromatic N) is 3. The van der Waals surface area contributed by atoms with Gasteiger partial charge in [0.2, 0.25) is 0 Å². The SMILES string of the molecule is CC(C)N(CC1CC1)c1nccnc1C(=N)N. The molecule has 0 radical (unpaired) electrons. The predicted octanol–water partition coefficient (Wildman–Crippen LogP) is 1.39. The number of nitrogens with one attached hydrogen (secondary N) is 1. The number of hydrogen-bond acceptors (Lipinski definition) is 4. The fourth-order valence-electron chi connectivity index (χ4n) is 1.85. The van der Waals surface area contributed by atoms with Crippen molar-refractivity contribution in [2.45, 2.75) is 32.7 Å². The van der Waals surface area contributed by atoms with Gasteiger partial charge in [-0.1, -0.05) is 0 Å². The van der Waals surface area contributed by atoms with E-state index in [0.29, 0.717) is 11.7 Å². The molecule has 0 amide bonds. The maximum absolute atomic E-state index is 7.56. The maximum Gasteiger partial charge on any atom is 0.158 e. The zero-order valence-corrected chi connectivity index (χ0v) is 10.3. The number of nitrogen functional groups attached to an aromatic ring is 1. The van der Waals surface area contributed by atoms with Crippen LogP contribution in [0, 0.1) is 11.3 Å². The summed E-state index contributed by atoms with van der Waals surface area (Å²) in [5, 5.41) is 7.56. The van der Waals surface area contributed by atoms with Crippen molar-refractivity contribution in [2.24, 2.45) is 11.7 Å². The van der Waals surface area contributed by atoms with Crippen molar-refractivity contribution in [3.8, 4) is 0 Å². The van der Waals surface area contributed by atoms with E-state index in [2.05, 4.69) is 28.7 Å². The van der Waals surface area contributed by atoms with Gasteiger partial charge in [0.1, 0.15) is 11.5 Å². The molecule has 0 bridgehead atoms. The van der Waals surface area contributed by atoms with Crippen molar-refractivity contribution in [1.29, 1.82) is 5.41 Å². The summed E-state index contributed by atoms with van der Waals surface area (Å²) in [6, 6.07) is 0.338. The summed E-state index contributed by atoms with van der Waals surface area (Å²) in [4.78, 5) is 10.7. The molecule has 1 fully saturated rings. The molecule has 5 heteroatoms. The topological polar surface area (TPSA) is 78.9 Å². The normalized spacial score (nSPS) is 15.0. The Morgan fingerprint density at radius 3 is 2.65 bits per heavy atom. The lowest BCUT2D eigenvalue weighted by molar-refractivity contribution is 0.634. The second-order valence-electron chi connectivity index (χ2n) is 4.83. The molecule has 0 unspecified atom stereocenters. The van der Waals surface area contributed by atoms with Gasteiger partial charge in [-0.25, -0.2) is 9.97 Å².